The molecule has 0 saturated carbocycles. The summed E-state index contributed by atoms with van der Waals surface area (Å²) in [5.41, 5.74) is 3.22. The zero-order chi connectivity index (χ0) is 23.8. The number of hydrogen-bond acceptors (Lipinski definition) is 5. The lowest BCUT2D eigenvalue weighted by molar-refractivity contribution is -0.112. The van der Waals surface area contributed by atoms with E-state index in [1.54, 1.807) is 24.3 Å². The Morgan fingerprint density at radius 3 is 2.30 bits per heavy atom. The van der Waals surface area contributed by atoms with Gasteiger partial charge >= 0.3 is 0 Å². The van der Waals surface area contributed by atoms with E-state index in [-0.39, 0.29) is 5.57 Å². The summed E-state index contributed by atoms with van der Waals surface area (Å²) in [5, 5.41) is 12.5. The van der Waals surface area contributed by atoms with Crippen molar-refractivity contribution in [2.45, 2.75) is 13.5 Å². The molecule has 0 atom stereocenters. The molecule has 33 heavy (non-hydrogen) atoms. The van der Waals surface area contributed by atoms with E-state index in [9.17, 15) is 10.1 Å². The minimum atomic E-state index is -0.583. The summed E-state index contributed by atoms with van der Waals surface area (Å²) in [6.45, 7) is 2.49. The average molecular weight is 463 g/mol. The lowest BCUT2D eigenvalue weighted by Gasteiger charge is -2.13. The highest BCUT2D eigenvalue weighted by Crippen LogP contribution is 2.36. The van der Waals surface area contributed by atoms with Crippen molar-refractivity contribution < 1.29 is 19.0 Å². The van der Waals surface area contributed by atoms with Crippen LogP contribution in [0.25, 0.3) is 6.08 Å². The molecule has 0 aromatic heterocycles. The van der Waals surface area contributed by atoms with Crippen LogP contribution in [0.1, 0.15) is 16.7 Å². The van der Waals surface area contributed by atoms with Gasteiger partial charge in [-0.05, 0) is 36.3 Å². The quantitative estimate of drug-likeness (QED) is 0.338. The highest BCUT2D eigenvalue weighted by molar-refractivity contribution is 6.32. The molecule has 0 radical (unpaired) electrons. The zero-order valence-electron chi connectivity index (χ0n) is 18.5. The van der Waals surface area contributed by atoms with E-state index in [1.165, 1.54) is 38.0 Å². The first-order chi connectivity index (χ1) is 15.9. The van der Waals surface area contributed by atoms with Crippen LogP contribution in [0.15, 0.2) is 66.2 Å². The standard InChI is InChI=1S/C26H23ClN2O4/c1-17-4-6-19(7-5-17)16-33-21-10-8-18(9-11-21)12-20(15-28)26(30)29-23-14-24(31-2)22(27)13-25(23)32-3/h4-14H,16H2,1-3H3,(H,29,30)/b20-12+. The molecule has 0 fully saturated rings. The molecule has 0 aliphatic rings. The summed E-state index contributed by atoms with van der Waals surface area (Å²) in [6.07, 6.45) is 1.50. The number of amides is 1. The molecule has 3 aromatic carbocycles. The number of halogens is 1. The van der Waals surface area contributed by atoms with E-state index in [2.05, 4.69) is 5.32 Å². The van der Waals surface area contributed by atoms with Crippen LogP contribution < -0.4 is 19.5 Å². The normalized spacial score (nSPS) is 10.8. The summed E-state index contributed by atoms with van der Waals surface area (Å²) in [5.74, 6) is 0.826. The molecule has 0 aliphatic carbocycles. The second-order valence-electron chi connectivity index (χ2n) is 7.15. The molecule has 0 bridgehead atoms. The Kier molecular flexibility index (Phi) is 7.96. The number of methoxy groups -OCH3 is 2. The van der Waals surface area contributed by atoms with Gasteiger partial charge in [0.2, 0.25) is 0 Å². The van der Waals surface area contributed by atoms with Crippen molar-refractivity contribution in [2.24, 2.45) is 0 Å². The van der Waals surface area contributed by atoms with E-state index in [0.29, 0.717) is 40.1 Å². The Hall–Kier alpha value is -3.95. The van der Waals surface area contributed by atoms with Crippen molar-refractivity contribution in [3.05, 3.63) is 87.9 Å². The molecular weight excluding hydrogens is 440 g/mol. The maximum Gasteiger partial charge on any atom is 0.266 e. The van der Waals surface area contributed by atoms with Crippen LogP contribution in [-0.2, 0) is 11.4 Å². The largest absolute Gasteiger partial charge is 0.495 e. The molecule has 3 rings (SSSR count). The Bertz CT molecular complexity index is 1200. The molecule has 0 spiro atoms. The van der Waals surface area contributed by atoms with E-state index in [0.717, 1.165) is 5.56 Å². The minimum absolute atomic E-state index is 0.0701. The summed E-state index contributed by atoms with van der Waals surface area (Å²) in [7, 11) is 2.92. The Morgan fingerprint density at radius 2 is 1.70 bits per heavy atom. The summed E-state index contributed by atoms with van der Waals surface area (Å²) in [4.78, 5) is 12.7. The molecule has 168 valence electrons. The monoisotopic (exact) mass is 462 g/mol. The number of benzene rings is 3. The van der Waals surface area contributed by atoms with E-state index >= 15 is 0 Å². The third-order valence-electron chi connectivity index (χ3n) is 4.80. The molecule has 0 saturated heterocycles. The van der Waals surface area contributed by atoms with Gasteiger partial charge in [0.15, 0.2) is 0 Å². The fourth-order valence-electron chi connectivity index (χ4n) is 2.97. The van der Waals surface area contributed by atoms with Crippen LogP contribution in [0, 0.1) is 18.3 Å². The molecule has 7 heteroatoms. The van der Waals surface area contributed by atoms with E-state index in [4.69, 9.17) is 25.8 Å². The molecular formula is C26H23ClN2O4. The van der Waals surface area contributed by atoms with Gasteiger partial charge in [0.05, 0.1) is 24.9 Å². The first-order valence-electron chi connectivity index (χ1n) is 10.1. The minimum Gasteiger partial charge on any atom is -0.495 e. The van der Waals surface area contributed by atoms with Gasteiger partial charge in [-0.3, -0.25) is 4.79 Å². The average Bonchev–Trinajstić information content (AvgIpc) is 2.83. The van der Waals surface area contributed by atoms with Crippen LogP contribution in [0.2, 0.25) is 5.02 Å². The predicted octanol–water partition coefficient (Wildman–Crippen LogP) is 5.79. The van der Waals surface area contributed by atoms with Gasteiger partial charge in [-0.25, -0.2) is 0 Å². The van der Waals surface area contributed by atoms with Gasteiger partial charge < -0.3 is 19.5 Å². The number of nitriles is 1. The van der Waals surface area contributed by atoms with Gasteiger partial charge in [-0.15, -0.1) is 0 Å². The zero-order valence-corrected chi connectivity index (χ0v) is 19.3. The number of rotatable bonds is 8. The topological polar surface area (TPSA) is 80.6 Å². The van der Waals surface area contributed by atoms with Crippen LogP contribution in [0.4, 0.5) is 5.69 Å². The maximum absolute atomic E-state index is 12.7. The maximum atomic E-state index is 12.7. The summed E-state index contributed by atoms with van der Waals surface area (Å²) < 4.78 is 16.2. The van der Waals surface area contributed by atoms with Crippen molar-refractivity contribution in [1.29, 1.82) is 5.26 Å². The van der Waals surface area contributed by atoms with E-state index < -0.39 is 5.91 Å². The molecule has 0 aliphatic heterocycles. The highest BCUT2D eigenvalue weighted by Gasteiger charge is 2.15. The predicted molar refractivity (Wildman–Crippen MR) is 129 cm³/mol. The number of anilines is 1. The van der Waals surface area contributed by atoms with Gasteiger partial charge in [0, 0.05) is 12.1 Å². The molecule has 0 heterocycles. The third kappa shape index (κ3) is 6.28. The van der Waals surface area contributed by atoms with Crippen molar-refractivity contribution in [1.82, 2.24) is 0 Å². The summed E-state index contributed by atoms with van der Waals surface area (Å²) in [6, 6.07) is 20.3. The lowest BCUT2D eigenvalue weighted by atomic mass is 10.1. The van der Waals surface area contributed by atoms with Gasteiger partial charge in [0.25, 0.3) is 5.91 Å². The fraction of sp³-hybridized carbons (Fsp3) is 0.154. The van der Waals surface area contributed by atoms with Gasteiger partial charge in [0.1, 0.15) is 35.5 Å². The lowest BCUT2D eigenvalue weighted by Crippen LogP contribution is -2.14. The second kappa shape index (κ2) is 11.1. The number of carbonyl (C=O) groups is 1. The number of hydrogen-bond donors (Lipinski definition) is 1. The molecule has 1 N–H and O–H groups in total. The number of carbonyl (C=O) groups excluding carboxylic acids is 1. The van der Waals surface area contributed by atoms with E-state index in [1.807, 2.05) is 37.3 Å². The highest BCUT2D eigenvalue weighted by atomic mass is 35.5. The van der Waals surface area contributed by atoms with Crippen LogP contribution in [-0.4, -0.2) is 20.1 Å². The smallest absolute Gasteiger partial charge is 0.266 e. The number of nitrogens with zero attached hydrogens (tertiary/aromatic N) is 1. The van der Waals surface area contributed by atoms with Crippen molar-refractivity contribution in [2.75, 3.05) is 19.5 Å². The molecule has 6 nitrogen and oxygen atoms in total. The van der Waals surface area contributed by atoms with Crippen molar-refractivity contribution >= 4 is 29.3 Å². The number of aryl methyl sites for hydroxylation is 1. The van der Waals surface area contributed by atoms with Crippen LogP contribution in [0.5, 0.6) is 17.2 Å². The fourth-order valence-corrected chi connectivity index (χ4v) is 3.21. The summed E-state index contributed by atoms with van der Waals surface area (Å²) >= 11 is 6.10. The van der Waals surface area contributed by atoms with Crippen LogP contribution >= 0.6 is 11.6 Å². The number of nitrogens with one attached hydrogen (secondary N) is 1. The SMILES string of the molecule is COc1cc(NC(=O)/C(C#N)=C/c2ccc(OCc3ccc(C)cc3)cc2)c(OC)cc1Cl. The van der Waals surface area contributed by atoms with Crippen molar-refractivity contribution in [3.8, 4) is 23.3 Å². The molecule has 1 amide bonds. The second-order valence-corrected chi connectivity index (χ2v) is 7.56. The first kappa shape index (κ1) is 23.7. The van der Waals surface area contributed by atoms with Crippen molar-refractivity contribution in [3.63, 3.8) is 0 Å². The number of ether oxygens (including phenoxy) is 3. The van der Waals surface area contributed by atoms with Crippen LogP contribution in [0.3, 0.4) is 0 Å². The molecule has 3 aromatic rings. The first-order valence-corrected chi connectivity index (χ1v) is 10.4. The Balaban J connectivity index is 1.70. The molecule has 0 unspecified atom stereocenters. The van der Waals surface area contributed by atoms with Gasteiger partial charge in [-0.1, -0.05) is 53.6 Å². The van der Waals surface area contributed by atoms with Gasteiger partial charge in [-0.2, -0.15) is 5.26 Å². The Morgan fingerprint density at radius 1 is 1.03 bits per heavy atom. The Labute approximate surface area is 198 Å². The third-order valence-corrected chi connectivity index (χ3v) is 5.10.